The van der Waals surface area contributed by atoms with E-state index < -0.39 is 5.54 Å². The number of H-pyrrole nitrogens is 1. The number of pyridine rings is 1. The van der Waals surface area contributed by atoms with E-state index in [1.54, 1.807) is 20.0 Å². The van der Waals surface area contributed by atoms with Crippen molar-refractivity contribution in [3.05, 3.63) is 17.8 Å². The predicted molar refractivity (Wildman–Crippen MR) is 62.2 cm³/mol. The average molecular weight is 226 g/mol. The lowest BCUT2D eigenvalue weighted by Crippen LogP contribution is -2.41. The van der Waals surface area contributed by atoms with Gasteiger partial charge in [-0.25, -0.2) is 4.98 Å². The molecule has 0 spiro atoms. The molecule has 2 aliphatic rings. The molecule has 1 aromatic rings. The van der Waals surface area contributed by atoms with Crippen LogP contribution in [0.4, 0.5) is 0 Å². The summed E-state index contributed by atoms with van der Waals surface area (Å²) in [5, 5.41) is 12.4. The van der Waals surface area contributed by atoms with E-state index >= 15 is 0 Å². The number of hydrogen-bond donors (Lipinski definition) is 2. The molecule has 0 fully saturated rings. The van der Waals surface area contributed by atoms with Gasteiger partial charge in [0.15, 0.2) is 0 Å². The van der Waals surface area contributed by atoms with Crippen LogP contribution in [0.25, 0.3) is 22.3 Å². The molecule has 3 rings (SSSR count). The number of rotatable bonds is 2. The maximum atomic E-state index is 12.0. The van der Waals surface area contributed by atoms with Crippen LogP contribution in [0.1, 0.15) is 24.2 Å². The molecule has 1 aliphatic heterocycles. The summed E-state index contributed by atoms with van der Waals surface area (Å²) in [5.41, 5.74) is 2.48. The second-order valence-electron chi connectivity index (χ2n) is 4.67. The van der Waals surface area contributed by atoms with Gasteiger partial charge in [-0.3, -0.25) is 4.79 Å². The Morgan fingerprint density at radius 3 is 3.06 bits per heavy atom. The molecule has 0 aromatic carbocycles. The molecule has 1 aliphatic carbocycles. The quantitative estimate of drug-likeness (QED) is 0.696. The van der Waals surface area contributed by atoms with Crippen LogP contribution < -0.4 is 5.32 Å². The topological polar surface area (TPSA) is 81.6 Å². The van der Waals surface area contributed by atoms with Gasteiger partial charge in [-0.2, -0.15) is 5.26 Å². The Labute approximate surface area is 97.5 Å². The number of nitrogens with one attached hydrogen (secondary N) is 2. The fourth-order valence-electron chi connectivity index (χ4n) is 1.86. The fourth-order valence-corrected chi connectivity index (χ4v) is 1.86. The number of hydrogen-bond acceptors (Lipinski definition) is 3. The van der Waals surface area contributed by atoms with Crippen LogP contribution in [0.2, 0.25) is 0 Å². The highest BCUT2D eigenvalue weighted by molar-refractivity contribution is 6.13. The molecule has 2 N–H and O–H groups in total. The first kappa shape index (κ1) is 9.85. The van der Waals surface area contributed by atoms with Gasteiger partial charge in [-0.15, -0.1) is 0 Å². The summed E-state index contributed by atoms with van der Waals surface area (Å²) in [4.78, 5) is 19.2. The maximum absolute atomic E-state index is 12.0. The van der Waals surface area contributed by atoms with Crippen molar-refractivity contribution in [3.8, 4) is 17.5 Å². The van der Waals surface area contributed by atoms with Crippen LogP contribution in [-0.2, 0) is 0 Å². The molecular formula is C12H10N4O. The molecule has 1 aromatic heterocycles. The predicted octanol–water partition coefficient (Wildman–Crippen LogP) is 1.58. The summed E-state index contributed by atoms with van der Waals surface area (Å²) in [5.74, 6) is -0.243. The number of carbonyl (C=O) groups is 1. The minimum atomic E-state index is -0.868. The highest BCUT2D eigenvalue weighted by atomic mass is 16.1. The van der Waals surface area contributed by atoms with Crippen molar-refractivity contribution in [2.24, 2.45) is 0 Å². The lowest BCUT2D eigenvalue weighted by atomic mass is 10.1. The third-order valence-electron chi connectivity index (χ3n) is 2.81. The van der Waals surface area contributed by atoms with Crippen molar-refractivity contribution in [2.75, 3.05) is 0 Å². The molecule has 84 valence electrons. The molecule has 2 heterocycles. The minimum absolute atomic E-state index is 0.243. The summed E-state index contributed by atoms with van der Waals surface area (Å²) in [6, 6.07) is 3.92. The van der Waals surface area contributed by atoms with E-state index in [0.717, 1.165) is 22.3 Å². The van der Waals surface area contributed by atoms with Gasteiger partial charge in [-0.05, 0) is 19.9 Å². The normalized spacial score (nSPS) is 12.3. The second-order valence-corrected chi connectivity index (χ2v) is 4.67. The molecular weight excluding hydrogens is 216 g/mol. The Kier molecular flexibility index (Phi) is 1.65. The van der Waals surface area contributed by atoms with E-state index in [0.29, 0.717) is 5.56 Å². The maximum Gasteiger partial charge on any atom is 0.254 e. The largest absolute Gasteiger partial charge is 0.359 e. The van der Waals surface area contributed by atoms with Gasteiger partial charge < -0.3 is 10.3 Å². The van der Waals surface area contributed by atoms with Crippen molar-refractivity contribution in [1.82, 2.24) is 15.3 Å². The molecule has 0 atom stereocenters. The van der Waals surface area contributed by atoms with E-state index in [1.807, 2.05) is 12.1 Å². The first-order valence-electron chi connectivity index (χ1n) is 5.28. The molecule has 0 radical (unpaired) electrons. The average Bonchev–Trinajstić information content (AvgIpc) is 2.75. The molecule has 0 saturated heterocycles. The third-order valence-corrected chi connectivity index (χ3v) is 2.81. The van der Waals surface area contributed by atoms with Gasteiger partial charge in [-0.1, -0.05) is 0 Å². The van der Waals surface area contributed by atoms with Crippen molar-refractivity contribution < 1.29 is 4.79 Å². The molecule has 1 amide bonds. The molecule has 0 saturated carbocycles. The van der Waals surface area contributed by atoms with Crippen molar-refractivity contribution in [1.29, 1.82) is 5.26 Å². The Balaban J connectivity index is 1.96. The summed E-state index contributed by atoms with van der Waals surface area (Å²) in [6.45, 7) is 3.33. The highest BCUT2D eigenvalue weighted by Gasteiger charge is 2.27. The standard InChI is InChI=1S/C12H10N4O/c1-12(2,5-13)16-11(17)7-4-14-9-6(7)3-8-10(9)15-8/h3-4,14H,1-2H3,(H,16,17). The lowest BCUT2D eigenvalue weighted by molar-refractivity contribution is 0.0931. The van der Waals surface area contributed by atoms with Gasteiger partial charge in [0, 0.05) is 11.6 Å². The second kappa shape index (κ2) is 2.86. The Bertz CT molecular complexity index is 690. The van der Waals surface area contributed by atoms with Crippen LogP contribution in [0.3, 0.4) is 0 Å². The van der Waals surface area contributed by atoms with Crippen molar-refractivity contribution >= 4 is 16.8 Å². The molecule has 5 nitrogen and oxygen atoms in total. The zero-order valence-electron chi connectivity index (χ0n) is 9.46. The fraction of sp³-hybridized carbons (Fsp3) is 0.250. The molecule has 5 heteroatoms. The van der Waals surface area contributed by atoms with Crippen LogP contribution in [0.15, 0.2) is 12.3 Å². The van der Waals surface area contributed by atoms with Crippen LogP contribution in [0.5, 0.6) is 0 Å². The molecule has 0 bridgehead atoms. The van der Waals surface area contributed by atoms with Gasteiger partial charge in [0.05, 0.1) is 22.8 Å². The van der Waals surface area contributed by atoms with Crippen LogP contribution >= 0.6 is 0 Å². The Hall–Kier alpha value is -2.35. The number of amides is 1. The summed E-state index contributed by atoms with van der Waals surface area (Å²) in [6.07, 6.45) is 1.65. The number of nitrogens with zero attached hydrogens (tertiary/aromatic N) is 2. The Morgan fingerprint density at radius 2 is 2.35 bits per heavy atom. The summed E-state index contributed by atoms with van der Waals surface area (Å²) >= 11 is 0. The van der Waals surface area contributed by atoms with Gasteiger partial charge in [0.2, 0.25) is 0 Å². The zero-order chi connectivity index (χ0) is 12.2. The molecule has 17 heavy (non-hydrogen) atoms. The Morgan fingerprint density at radius 1 is 1.59 bits per heavy atom. The van der Waals surface area contributed by atoms with E-state index in [4.69, 9.17) is 5.26 Å². The number of fused-ring (bicyclic) bond motifs is 3. The number of carbonyl (C=O) groups excluding carboxylic acids is 1. The van der Waals surface area contributed by atoms with Crippen LogP contribution in [-0.4, -0.2) is 21.4 Å². The zero-order valence-corrected chi connectivity index (χ0v) is 9.46. The third kappa shape index (κ3) is 1.38. The number of aromatic amines is 1. The number of aromatic nitrogens is 2. The first-order valence-corrected chi connectivity index (χ1v) is 5.28. The first-order chi connectivity index (χ1) is 8.02. The van der Waals surface area contributed by atoms with E-state index in [-0.39, 0.29) is 5.91 Å². The van der Waals surface area contributed by atoms with Gasteiger partial charge >= 0.3 is 0 Å². The summed E-state index contributed by atoms with van der Waals surface area (Å²) < 4.78 is 0. The monoisotopic (exact) mass is 226 g/mol. The lowest BCUT2D eigenvalue weighted by Gasteiger charge is -2.16. The summed E-state index contributed by atoms with van der Waals surface area (Å²) in [7, 11) is 0. The van der Waals surface area contributed by atoms with Gasteiger partial charge in [0.25, 0.3) is 5.91 Å². The SMILES string of the molecule is CC(C)(C#N)NC(=O)c1c[nH]c2c3nc-3cc12. The number of nitriles is 1. The van der Waals surface area contributed by atoms with Crippen molar-refractivity contribution in [2.45, 2.75) is 19.4 Å². The van der Waals surface area contributed by atoms with Gasteiger partial charge in [0.1, 0.15) is 11.2 Å². The van der Waals surface area contributed by atoms with E-state index in [2.05, 4.69) is 15.3 Å². The van der Waals surface area contributed by atoms with Crippen molar-refractivity contribution in [3.63, 3.8) is 0 Å². The van der Waals surface area contributed by atoms with Crippen LogP contribution in [0, 0.1) is 11.3 Å². The van der Waals surface area contributed by atoms with E-state index in [1.165, 1.54) is 0 Å². The minimum Gasteiger partial charge on any atom is -0.359 e. The van der Waals surface area contributed by atoms with E-state index in [9.17, 15) is 4.79 Å². The highest BCUT2D eigenvalue weighted by Crippen LogP contribution is 2.38. The molecule has 0 unspecified atom stereocenters. The smallest absolute Gasteiger partial charge is 0.254 e.